The molecule has 24 heavy (non-hydrogen) atoms. The SMILES string of the molecule is COc1ccccc1Cc1nc2c(OC)ccc(CC(=O)O)c2[nH]1. The molecule has 0 aliphatic heterocycles. The van der Waals surface area contributed by atoms with Gasteiger partial charge in [-0.2, -0.15) is 0 Å². The van der Waals surface area contributed by atoms with Crippen molar-refractivity contribution >= 4 is 17.0 Å². The van der Waals surface area contributed by atoms with Gasteiger partial charge in [-0.25, -0.2) is 4.98 Å². The van der Waals surface area contributed by atoms with Crippen molar-refractivity contribution in [1.82, 2.24) is 9.97 Å². The van der Waals surface area contributed by atoms with Crippen molar-refractivity contribution in [2.24, 2.45) is 0 Å². The molecule has 6 nitrogen and oxygen atoms in total. The maximum absolute atomic E-state index is 11.1. The van der Waals surface area contributed by atoms with Crippen molar-refractivity contribution in [3.05, 3.63) is 53.3 Å². The summed E-state index contributed by atoms with van der Waals surface area (Å²) in [5, 5.41) is 9.08. The molecule has 0 saturated carbocycles. The van der Waals surface area contributed by atoms with E-state index in [2.05, 4.69) is 9.97 Å². The molecule has 6 heteroatoms. The number of carbonyl (C=O) groups is 1. The standard InChI is InChI=1S/C18H18N2O4/c1-23-13-6-4-3-5-11(13)9-15-19-17-12(10-16(21)22)7-8-14(24-2)18(17)20-15/h3-8H,9-10H2,1-2H3,(H,19,20)(H,21,22). The van der Waals surface area contributed by atoms with Gasteiger partial charge >= 0.3 is 5.97 Å². The summed E-state index contributed by atoms with van der Waals surface area (Å²) < 4.78 is 10.7. The first-order valence-corrected chi connectivity index (χ1v) is 7.50. The number of aromatic nitrogens is 2. The van der Waals surface area contributed by atoms with Crippen LogP contribution in [-0.4, -0.2) is 35.3 Å². The molecule has 0 fully saturated rings. The molecular weight excluding hydrogens is 308 g/mol. The van der Waals surface area contributed by atoms with Crippen LogP contribution in [0.5, 0.6) is 11.5 Å². The Morgan fingerprint density at radius 2 is 1.83 bits per heavy atom. The van der Waals surface area contributed by atoms with Crippen molar-refractivity contribution in [3.63, 3.8) is 0 Å². The molecule has 0 radical (unpaired) electrons. The maximum Gasteiger partial charge on any atom is 0.307 e. The Hall–Kier alpha value is -3.02. The lowest BCUT2D eigenvalue weighted by Crippen LogP contribution is -2.01. The van der Waals surface area contributed by atoms with E-state index in [0.29, 0.717) is 28.8 Å². The number of carboxylic acid groups (broad SMARTS) is 1. The fourth-order valence-corrected chi connectivity index (χ4v) is 2.76. The number of methoxy groups -OCH3 is 2. The summed E-state index contributed by atoms with van der Waals surface area (Å²) in [4.78, 5) is 18.9. The van der Waals surface area contributed by atoms with E-state index in [1.165, 1.54) is 0 Å². The maximum atomic E-state index is 11.1. The van der Waals surface area contributed by atoms with Gasteiger partial charge in [0.05, 0.1) is 26.2 Å². The van der Waals surface area contributed by atoms with Crippen LogP contribution in [0.1, 0.15) is 17.0 Å². The zero-order chi connectivity index (χ0) is 17.1. The number of rotatable bonds is 6. The van der Waals surface area contributed by atoms with E-state index in [1.54, 1.807) is 26.4 Å². The number of H-pyrrole nitrogens is 1. The molecule has 0 aliphatic rings. The molecule has 124 valence electrons. The number of imidazole rings is 1. The van der Waals surface area contributed by atoms with Crippen LogP contribution in [0.4, 0.5) is 0 Å². The van der Waals surface area contributed by atoms with Crippen LogP contribution in [-0.2, 0) is 17.6 Å². The smallest absolute Gasteiger partial charge is 0.307 e. The summed E-state index contributed by atoms with van der Waals surface area (Å²) in [7, 11) is 3.20. The van der Waals surface area contributed by atoms with Crippen LogP contribution in [0.2, 0.25) is 0 Å². The van der Waals surface area contributed by atoms with Crippen LogP contribution in [0.3, 0.4) is 0 Å². The van der Waals surface area contributed by atoms with E-state index in [-0.39, 0.29) is 6.42 Å². The average molecular weight is 326 g/mol. The first-order valence-electron chi connectivity index (χ1n) is 7.50. The molecular formula is C18H18N2O4. The molecule has 0 aliphatic carbocycles. The number of fused-ring (bicyclic) bond motifs is 1. The minimum absolute atomic E-state index is 0.0726. The van der Waals surface area contributed by atoms with E-state index in [1.807, 2.05) is 24.3 Å². The van der Waals surface area contributed by atoms with Gasteiger partial charge in [0, 0.05) is 12.0 Å². The number of nitrogens with one attached hydrogen (secondary N) is 1. The van der Waals surface area contributed by atoms with Gasteiger partial charge in [0.2, 0.25) is 0 Å². The fourth-order valence-electron chi connectivity index (χ4n) is 2.76. The highest BCUT2D eigenvalue weighted by Gasteiger charge is 2.15. The number of aromatic amines is 1. The number of aliphatic carboxylic acids is 1. The zero-order valence-electron chi connectivity index (χ0n) is 13.5. The van der Waals surface area contributed by atoms with E-state index in [9.17, 15) is 4.79 Å². The van der Waals surface area contributed by atoms with Gasteiger partial charge in [-0.15, -0.1) is 0 Å². The van der Waals surface area contributed by atoms with Crippen LogP contribution < -0.4 is 9.47 Å². The minimum atomic E-state index is -0.887. The predicted molar refractivity (Wildman–Crippen MR) is 89.8 cm³/mol. The number of nitrogens with zero attached hydrogens (tertiary/aromatic N) is 1. The lowest BCUT2D eigenvalue weighted by atomic mass is 10.1. The van der Waals surface area contributed by atoms with Gasteiger partial charge in [0.25, 0.3) is 0 Å². The largest absolute Gasteiger partial charge is 0.496 e. The van der Waals surface area contributed by atoms with Crippen molar-refractivity contribution in [2.75, 3.05) is 14.2 Å². The molecule has 0 atom stereocenters. The van der Waals surface area contributed by atoms with Gasteiger partial charge in [0.1, 0.15) is 22.8 Å². The predicted octanol–water partition coefficient (Wildman–Crippen LogP) is 2.80. The molecule has 0 unspecified atom stereocenters. The fraction of sp³-hybridized carbons (Fsp3) is 0.222. The van der Waals surface area contributed by atoms with Gasteiger partial charge in [-0.1, -0.05) is 24.3 Å². The summed E-state index contributed by atoms with van der Waals surface area (Å²) in [6.07, 6.45) is 0.477. The number of para-hydroxylation sites is 1. The molecule has 3 rings (SSSR count). The molecule has 2 aromatic carbocycles. The normalized spacial score (nSPS) is 10.8. The highest BCUT2D eigenvalue weighted by atomic mass is 16.5. The number of hydrogen-bond donors (Lipinski definition) is 2. The quantitative estimate of drug-likeness (QED) is 0.727. The van der Waals surface area contributed by atoms with Crippen LogP contribution in [0.15, 0.2) is 36.4 Å². The Morgan fingerprint density at radius 1 is 1.08 bits per heavy atom. The van der Waals surface area contributed by atoms with Crippen molar-refractivity contribution in [1.29, 1.82) is 0 Å². The molecule has 0 spiro atoms. The van der Waals surface area contributed by atoms with Gasteiger partial charge < -0.3 is 19.6 Å². The summed E-state index contributed by atoms with van der Waals surface area (Å²) in [6.45, 7) is 0. The molecule has 0 saturated heterocycles. The second-order valence-electron chi connectivity index (χ2n) is 5.39. The minimum Gasteiger partial charge on any atom is -0.496 e. The molecule has 0 bridgehead atoms. The number of ether oxygens (including phenoxy) is 2. The first kappa shape index (κ1) is 15.9. The highest BCUT2D eigenvalue weighted by Crippen LogP contribution is 2.28. The molecule has 2 N–H and O–H groups in total. The van der Waals surface area contributed by atoms with E-state index in [0.717, 1.165) is 17.1 Å². The molecule has 3 aromatic rings. The number of hydrogen-bond acceptors (Lipinski definition) is 4. The summed E-state index contributed by atoms with van der Waals surface area (Å²) in [5.41, 5.74) is 3.01. The van der Waals surface area contributed by atoms with Gasteiger partial charge in [-0.05, 0) is 17.7 Å². The Bertz CT molecular complexity index is 886. The second kappa shape index (κ2) is 6.62. The van der Waals surface area contributed by atoms with Crippen LogP contribution >= 0.6 is 0 Å². The molecule has 0 amide bonds. The number of carboxylic acids is 1. The third-order valence-corrected chi connectivity index (χ3v) is 3.86. The van der Waals surface area contributed by atoms with E-state index >= 15 is 0 Å². The van der Waals surface area contributed by atoms with E-state index < -0.39 is 5.97 Å². The van der Waals surface area contributed by atoms with Crippen molar-refractivity contribution in [2.45, 2.75) is 12.8 Å². The zero-order valence-corrected chi connectivity index (χ0v) is 13.5. The lowest BCUT2D eigenvalue weighted by Gasteiger charge is -2.05. The Kier molecular flexibility index (Phi) is 4.37. The molecule has 1 heterocycles. The van der Waals surface area contributed by atoms with E-state index in [4.69, 9.17) is 14.6 Å². The van der Waals surface area contributed by atoms with Crippen LogP contribution in [0, 0.1) is 0 Å². The highest BCUT2D eigenvalue weighted by molar-refractivity contribution is 5.88. The summed E-state index contributed by atoms with van der Waals surface area (Å²) in [5.74, 6) is 1.24. The second-order valence-corrected chi connectivity index (χ2v) is 5.39. The third-order valence-electron chi connectivity index (χ3n) is 3.86. The average Bonchev–Trinajstić information content (AvgIpc) is 2.99. The Morgan fingerprint density at radius 3 is 2.54 bits per heavy atom. The number of benzene rings is 2. The molecule has 1 aromatic heterocycles. The summed E-state index contributed by atoms with van der Waals surface area (Å²) in [6, 6.07) is 11.2. The Balaban J connectivity index is 2.05. The van der Waals surface area contributed by atoms with Gasteiger partial charge in [-0.3, -0.25) is 4.79 Å². The summed E-state index contributed by atoms with van der Waals surface area (Å²) >= 11 is 0. The lowest BCUT2D eigenvalue weighted by molar-refractivity contribution is -0.136. The van der Waals surface area contributed by atoms with Crippen molar-refractivity contribution in [3.8, 4) is 11.5 Å². The monoisotopic (exact) mass is 326 g/mol. The topological polar surface area (TPSA) is 84.4 Å². The first-order chi connectivity index (χ1) is 11.6. The Labute approximate surface area is 139 Å². The van der Waals surface area contributed by atoms with Gasteiger partial charge in [0.15, 0.2) is 0 Å². The van der Waals surface area contributed by atoms with Crippen LogP contribution in [0.25, 0.3) is 11.0 Å². The third kappa shape index (κ3) is 3.03. The van der Waals surface area contributed by atoms with Crippen molar-refractivity contribution < 1.29 is 19.4 Å².